The van der Waals surface area contributed by atoms with Crippen LogP contribution in [0.1, 0.15) is 19.5 Å². The van der Waals surface area contributed by atoms with E-state index in [1.165, 1.54) is 0 Å². The average molecular weight is 318 g/mol. The first-order valence-corrected chi connectivity index (χ1v) is 7.90. The Morgan fingerprint density at radius 3 is 3.05 bits per heavy atom. The molecule has 2 aromatic heterocycles. The van der Waals surface area contributed by atoms with Crippen molar-refractivity contribution in [1.29, 1.82) is 0 Å². The number of hydrogen-bond acceptors (Lipinski definition) is 5. The lowest BCUT2D eigenvalue weighted by Crippen LogP contribution is -2.30. The minimum Gasteiger partial charge on any atom is -0.389 e. The molecule has 0 spiro atoms. The van der Waals surface area contributed by atoms with Gasteiger partial charge in [0.2, 0.25) is 0 Å². The fraction of sp³-hybridized carbons (Fsp3) is 0.615. The smallest absolute Gasteiger partial charge is 0.195 e. The highest BCUT2D eigenvalue weighted by molar-refractivity contribution is 7.15. The third-order valence-corrected chi connectivity index (χ3v) is 3.81. The summed E-state index contributed by atoms with van der Waals surface area (Å²) in [5.41, 5.74) is 0.915. The van der Waals surface area contributed by atoms with E-state index in [1.807, 2.05) is 16.0 Å². The molecule has 112 valence electrons. The Kier molecular flexibility index (Phi) is 5.80. The summed E-state index contributed by atoms with van der Waals surface area (Å²) >= 11 is 7.64. The lowest BCUT2D eigenvalue weighted by atomic mass is 10.2. The number of aromatic nitrogens is 2. The fourth-order valence-electron chi connectivity index (χ4n) is 1.82. The average Bonchev–Trinajstić information content (AvgIpc) is 2.91. The van der Waals surface area contributed by atoms with E-state index >= 15 is 0 Å². The van der Waals surface area contributed by atoms with Gasteiger partial charge in [0, 0.05) is 31.3 Å². The molecule has 0 amide bonds. The number of fused-ring (bicyclic) bond motifs is 1. The first-order valence-electron chi connectivity index (χ1n) is 6.64. The zero-order valence-electron chi connectivity index (χ0n) is 11.7. The van der Waals surface area contributed by atoms with Crippen molar-refractivity contribution in [2.45, 2.75) is 26.5 Å². The van der Waals surface area contributed by atoms with Gasteiger partial charge in [-0.1, -0.05) is 25.4 Å². The summed E-state index contributed by atoms with van der Waals surface area (Å²) in [6.07, 6.45) is 1.43. The van der Waals surface area contributed by atoms with Gasteiger partial charge in [0.15, 0.2) is 10.1 Å². The maximum absolute atomic E-state index is 9.79. The van der Waals surface area contributed by atoms with Crippen LogP contribution in [0.2, 0.25) is 5.15 Å². The standard InChI is InChI=1S/C13H20ClN3O2S/c1-9(2)7-19-8-10(18)5-15-6-11-12(14)16-13-17(11)3-4-20-13/h3-4,9-10,15,18H,5-8H2,1-2H3. The minimum absolute atomic E-state index is 0.346. The van der Waals surface area contributed by atoms with Crippen LogP contribution >= 0.6 is 22.9 Å². The van der Waals surface area contributed by atoms with Gasteiger partial charge in [0.1, 0.15) is 0 Å². The predicted molar refractivity (Wildman–Crippen MR) is 81.4 cm³/mol. The molecule has 0 radical (unpaired) electrons. The fourth-order valence-corrected chi connectivity index (χ4v) is 2.84. The molecule has 5 nitrogen and oxygen atoms in total. The second-order valence-electron chi connectivity index (χ2n) is 5.12. The molecule has 2 heterocycles. The number of aliphatic hydroxyl groups excluding tert-OH is 1. The third-order valence-electron chi connectivity index (χ3n) is 2.75. The number of aliphatic hydroxyl groups is 1. The van der Waals surface area contributed by atoms with Gasteiger partial charge in [-0.25, -0.2) is 4.98 Å². The van der Waals surface area contributed by atoms with Crippen molar-refractivity contribution in [3.05, 3.63) is 22.4 Å². The summed E-state index contributed by atoms with van der Waals surface area (Å²) in [6, 6.07) is 0. The molecule has 1 atom stereocenters. The van der Waals surface area contributed by atoms with Crippen LogP contribution in [0.3, 0.4) is 0 Å². The van der Waals surface area contributed by atoms with E-state index in [9.17, 15) is 5.11 Å². The van der Waals surface area contributed by atoms with E-state index in [4.69, 9.17) is 16.3 Å². The molecule has 20 heavy (non-hydrogen) atoms. The lowest BCUT2D eigenvalue weighted by Gasteiger charge is -2.13. The molecule has 0 aliphatic carbocycles. The van der Waals surface area contributed by atoms with Crippen molar-refractivity contribution in [3.63, 3.8) is 0 Å². The van der Waals surface area contributed by atoms with Gasteiger partial charge in [-0.15, -0.1) is 11.3 Å². The monoisotopic (exact) mass is 317 g/mol. The predicted octanol–water partition coefficient (Wildman–Crippen LogP) is 2.17. The van der Waals surface area contributed by atoms with Gasteiger partial charge in [0.05, 0.1) is 18.4 Å². The number of nitrogens with one attached hydrogen (secondary N) is 1. The zero-order valence-corrected chi connectivity index (χ0v) is 13.2. The number of hydrogen-bond donors (Lipinski definition) is 2. The normalized spacial score (nSPS) is 13.4. The Morgan fingerprint density at radius 2 is 2.30 bits per heavy atom. The Morgan fingerprint density at radius 1 is 1.50 bits per heavy atom. The Balaban J connectivity index is 1.75. The maximum Gasteiger partial charge on any atom is 0.195 e. The SMILES string of the molecule is CC(C)COCC(O)CNCc1c(Cl)nc2sccn12. The molecule has 0 fully saturated rings. The molecule has 0 aliphatic rings. The Bertz CT molecular complexity index is 541. The van der Waals surface area contributed by atoms with Crippen LogP contribution in [0.5, 0.6) is 0 Å². The molecule has 0 saturated carbocycles. The molecule has 0 bridgehead atoms. The van der Waals surface area contributed by atoms with Crippen molar-refractivity contribution in [3.8, 4) is 0 Å². The first kappa shape index (κ1) is 15.7. The topological polar surface area (TPSA) is 58.8 Å². The molecule has 2 rings (SSSR count). The molecule has 0 saturated heterocycles. The minimum atomic E-state index is -0.515. The van der Waals surface area contributed by atoms with Crippen molar-refractivity contribution >= 4 is 27.9 Å². The summed E-state index contributed by atoms with van der Waals surface area (Å²) in [5, 5.41) is 15.4. The molecule has 1 unspecified atom stereocenters. The van der Waals surface area contributed by atoms with Crippen molar-refractivity contribution in [2.75, 3.05) is 19.8 Å². The molecule has 0 aliphatic heterocycles. The Labute approximate surface area is 127 Å². The van der Waals surface area contributed by atoms with Gasteiger partial charge < -0.3 is 15.2 Å². The molecule has 2 N–H and O–H groups in total. The molecule has 7 heteroatoms. The van der Waals surface area contributed by atoms with Crippen molar-refractivity contribution < 1.29 is 9.84 Å². The highest BCUT2D eigenvalue weighted by atomic mass is 35.5. The van der Waals surface area contributed by atoms with Gasteiger partial charge >= 0.3 is 0 Å². The summed E-state index contributed by atoms with van der Waals surface area (Å²) in [5.74, 6) is 0.479. The number of thiazole rings is 1. The quantitative estimate of drug-likeness (QED) is 0.783. The lowest BCUT2D eigenvalue weighted by molar-refractivity contribution is 0.0260. The van der Waals surface area contributed by atoms with E-state index in [2.05, 4.69) is 24.1 Å². The van der Waals surface area contributed by atoms with Crippen LogP contribution in [0, 0.1) is 5.92 Å². The van der Waals surface area contributed by atoms with Crippen molar-refractivity contribution in [1.82, 2.24) is 14.7 Å². The summed E-state index contributed by atoms with van der Waals surface area (Å²) in [6.45, 7) is 6.21. The molecular weight excluding hydrogens is 298 g/mol. The number of nitrogens with zero attached hydrogens (tertiary/aromatic N) is 2. The van der Waals surface area contributed by atoms with Crippen LogP contribution < -0.4 is 5.32 Å². The molecule has 0 aromatic carbocycles. The summed E-state index contributed by atoms with van der Waals surface area (Å²) in [7, 11) is 0. The molecular formula is C13H20ClN3O2S. The molecule has 2 aromatic rings. The van der Waals surface area contributed by atoms with Crippen molar-refractivity contribution in [2.24, 2.45) is 5.92 Å². The van der Waals surface area contributed by atoms with Crippen LogP contribution in [-0.2, 0) is 11.3 Å². The first-order chi connectivity index (χ1) is 9.58. The highest BCUT2D eigenvalue weighted by Crippen LogP contribution is 2.20. The third kappa shape index (κ3) is 4.17. The van der Waals surface area contributed by atoms with Gasteiger partial charge in [-0.05, 0) is 5.92 Å². The van der Waals surface area contributed by atoms with Crippen LogP contribution in [0.4, 0.5) is 0 Å². The second-order valence-corrected chi connectivity index (χ2v) is 6.35. The van der Waals surface area contributed by atoms with E-state index in [0.717, 1.165) is 10.7 Å². The van der Waals surface area contributed by atoms with Crippen LogP contribution in [-0.4, -0.2) is 40.4 Å². The zero-order chi connectivity index (χ0) is 14.5. The number of rotatable bonds is 8. The van der Waals surface area contributed by atoms with E-state index in [1.54, 1.807) is 11.3 Å². The Hall–Kier alpha value is -0.660. The number of halogens is 1. The summed E-state index contributed by atoms with van der Waals surface area (Å²) < 4.78 is 7.35. The summed E-state index contributed by atoms with van der Waals surface area (Å²) in [4.78, 5) is 5.14. The van der Waals surface area contributed by atoms with Crippen LogP contribution in [0.25, 0.3) is 4.96 Å². The number of ether oxygens (including phenoxy) is 1. The largest absolute Gasteiger partial charge is 0.389 e. The van der Waals surface area contributed by atoms with Gasteiger partial charge in [-0.3, -0.25) is 4.40 Å². The highest BCUT2D eigenvalue weighted by Gasteiger charge is 2.11. The van der Waals surface area contributed by atoms with Crippen LogP contribution in [0.15, 0.2) is 11.6 Å². The van der Waals surface area contributed by atoms with E-state index in [-0.39, 0.29) is 0 Å². The number of imidazole rings is 1. The van der Waals surface area contributed by atoms with E-state index in [0.29, 0.717) is 37.4 Å². The van der Waals surface area contributed by atoms with Gasteiger partial charge in [-0.2, -0.15) is 0 Å². The van der Waals surface area contributed by atoms with Gasteiger partial charge in [0.25, 0.3) is 0 Å². The second kappa shape index (κ2) is 7.38. The maximum atomic E-state index is 9.79. The van der Waals surface area contributed by atoms with E-state index < -0.39 is 6.10 Å².